The molecule has 0 unspecified atom stereocenters. The fourth-order valence-corrected chi connectivity index (χ4v) is 6.65. The molecule has 0 spiro atoms. The first-order chi connectivity index (χ1) is 24.3. The van der Waals surface area contributed by atoms with Crippen molar-refractivity contribution in [3.8, 4) is 0 Å². The highest BCUT2D eigenvalue weighted by Gasteiger charge is 2.21. The number of aromatic nitrogens is 2. The van der Waals surface area contributed by atoms with Crippen molar-refractivity contribution in [2.75, 3.05) is 0 Å². The Hall–Kier alpha value is -1.66. The van der Waals surface area contributed by atoms with Crippen LogP contribution in [0.15, 0.2) is 58.1 Å². The van der Waals surface area contributed by atoms with E-state index < -0.39 is 8.59 Å². The minimum Gasteiger partial charge on any atom is -0.340 e. The summed E-state index contributed by atoms with van der Waals surface area (Å²) in [5, 5.41) is 2.96. The summed E-state index contributed by atoms with van der Waals surface area (Å²) < 4.78 is 3.13. The van der Waals surface area contributed by atoms with Crippen LogP contribution in [-0.4, -0.2) is 17.7 Å². The Labute approximate surface area is 339 Å². The molecule has 52 heavy (non-hydrogen) atoms. The van der Waals surface area contributed by atoms with Crippen LogP contribution in [0.4, 0.5) is 0 Å². The number of halogens is 6. The topological polar surface area (TPSA) is 44.0 Å². The van der Waals surface area contributed by atoms with Gasteiger partial charge in [0.15, 0.2) is 19.4 Å². The molecule has 0 aliphatic heterocycles. The molecule has 4 nitrogen and oxygen atoms in total. The van der Waals surface area contributed by atoms with Crippen LogP contribution in [0.25, 0.3) is 43.6 Å². The summed E-state index contributed by atoms with van der Waals surface area (Å²) in [6.45, 7) is 19.3. The fraction of sp³-hybridized carbons (Fsp3) is 0.524. The molecule has 0 saturated carbocycles. The van der Waals surface area contributed by atoms with Crippen molar-refractivity contribution in [1.29, 1.82) is 0 Å². The number of aryl methyl sites for hydroxylation is 2. The number of rotatable bonds is 10. The van der Waals surface area contributed by atoms with Crippen molar-refractivity contribution in [2.45, 2.75) is 139 Å². The first-order valence-electron chi connectivity index (χ1n) is 18.3. The molecule has 5 aromatic rings. The van der Waals surface area contributed by atoms with E-state index >= 15 is 0 Å². The molecule has 0 saturated heterocycles. The molecule has 10 heteroatoms. The van der Waals surface area contributed by atoms with Crippen molar-refractivity contribution >= 4 is 113 Å². The van der Waals surface area contributed by atoms with Gasteiger partial charge in [0.25, 0.3) is 0 Å². The summed E-state index contributed by atoms with van der Waals surface area (Å²) in [7, 11) is 0. The summed E-state index contributed by atoms with van der Waals surface area (Å²) >= 11 is 28.8. The maximum absolute atomic E-state index is 14.4. The number of fused-ring (bicyclic) bond motifs is 4. The molecular weight excluding hydrogens is 777 g/mol. The number of alkyl halides is 6. The third-order valence-electron chi connectivity index (χ3n) is 9.45. The number of nitrogens with zero attached hydrogens (tertiary/aromatic N) is 2. The molecule has 0 bridgehead atoms. The standard InChI is InChI=1S/C40H52N2O2.2CHCl3/c1-9-11-13-15-21-41-33-19-17-27(39(3,4)5)23-29(33)37(43)31-26-36-32(25-35(31)41)38(44)30-24-28(40(6,7)8)18-20-34(30)42(36)22-16-14-12-10-2;2*2-1(3)4/h17-20,23-26H,9-16,21-22H2,1-8H3;2*1H. The predicted octanol–water partition coefficient (Wildman–Crippen LogP) is 14.4. The van der Waals surface area contributed by atoms with E-state index in [4.69, 9.17) is 69.6 Å². The van der Waals surface area contributed by atoms with E-state index in [-0.39, 0.29) is 21.7 Å². The quantitative estimate of drug-likeness (QED) is 0.0799. The lowest BCUT2D eigenvalue weighted by Gasteiger charge is -2.23. The van der Waals surface area contributed by atoms with Crippen molar-refractivity contribution in [1.82, 2.24) is 9.13 Å². The van der Waals surface area contributed by atoms with Crippen LogP contribution in [0.2, 0.25) is 0 Å². The zero-order chi connectivity index (χ0) is 39.0. The van der Waals surface area contributed by atoms with E-state index in [0.29, 0.717) is 10.8 Å². The monoisotopic (exact) mass is 828 g/mol. The summed E-state index contributed by atoms with van der Waals surface area (Å²) in [6, 6.07) is 16.9. The van der Waals surface area contributed by atoms with Gasteiger partial charge >= 0.3 is 0 Å². The van der Waals surface area contributed by atoms with Crippen LogP contribution in [0.5, 0.6) is 0 Å². The second-order valence-electron chi connectivity index (χ2n) is 15.4. The number of unbranched alkanes of at least 4 members (excludes halogenated alkanes) is 6. The van der Waals surface area contributed by atoms with E-state index in [9.17, 15) is 9.59 Å². The zero-order valence-corrected chi connectivity index (χ0v) is 36.4. The number of pyridine rings is 2. The van der Waals surface area contributed by atoms with Crippen LogP contribution in [0, 0.1) is 0 Å². The Morgan fingerprint density at radius 1 is 0.481 bits per heavy atom. The maximum Gasteiger partial charge on any atom is 0.197 e. The van der Waals surface area contributed by atoms with Gasteiger partial charge in [-0.1, -0.05) is 176 Å². The second-order valence-corrected chi connectivity index (χ2v) is 19.4. The van der Waals surface area contributed by atoms with Crippen molar-refractivity contribution in [3.05, 3.63) is 80.1 Å². The maximum atomic E-state index is 14.4. The number of benzene rings is 3. The molecule has 0 N–H and O–H groups in total. The second kappa shape index (κ2) is 19.8. The number of hydrogen-bond acceptors (Lipinski definition) is 2. The van der Waals surface area contributed by atoms with Crippen LogP contribution >= 0.6 is 69.6 Å². The summed E-state index contributed by atoms with van der Waals surface area (Å²) in [5.41, 5.74) is 5.98. The molecule has 0 aliphatic rings. The van der Waals surface area contributed by atoms with E-state index in [0.717, 1.165) is 82.7 Å². The minimum absolute atomic E-state index is 0.0565. The van der Waals surface area contributed by atoms with Gasteiger partial charge in [0.2, 0.25) is 0 Å². The highest BCUT2D eigenvalue weighted by molar-refractivity contribution is 6.63. The molecule has 3 aromatic carbocycles. The van der Waals surface area contributed by atoms with Crippen molar-refractivity contribution in [2.24, 2.45) is 0 Å². The summed E-state index contributed by atoms with van der Waals surface area (Å²) in [5.74, 6) is 0. The molecule has 2 heterocycles. The van der Waals surface area contributed by atoms with Gasteiger partial charge in [-0.3, -0.25) is 9.59 Å². The third-order valence-corrected chi connectivity index (χ3v) is 9.45. The third kappa shape index (κ3) is 11.7. The molecule has 5 rings (SSSR count). The Kier molecular flexibility index (Phi) is 17.0. The van der Waals surface area contributed by atoms with Gasteiger partial charge in [-0.2, -0.15) is 0 Å². The molecule has 0 atom stereocenters. The Morgan fingerprint density at radius 2 is 0.788 bits per heavy atom. The van der Waals surface area contributed by atoms with Gasteiger partial charge in [0.1, 0.15) is 0 Å². The van der Waals surface area contributed by atoms with Gasteiger partial charge in [0.05, 0.1) is 22.1 Å². The molecule has 0 fully saturated rings. The lowest BCUT2D eigenvalue weighted by molar-refractivity contribution is 0.589. The average Bonchev–Trinajstić information content (AvgIpc) is 3.05. The lowest BCUT2D eigenvalue weighted by Crippen LogP contribution is -2.18. The first-order valence-corrected chi connectivity index (χ1v) is 20.9. The van der Waals surface area contributed by atoms with E-state index in [1.165, 1.54) is 25.7 Å². The van der Waals surface area contributed by atoms with Crippen molar-refractivity contribution < 1.29 is 0 Å². The lowest BCUT2D eigenvalue weighted by atomic mass is 9.86. The molecule has 2 aromatic heterocycles. The largest absolute Gasteiger partial charge is 0.340 e. The van der Waals surface area contributed by atoms with Crippen LogP contribution in [0.3, 0.4) is 0 Å². The predicted molar refractivity (Wildman–Crippen MR) is 233 cm³/mol. The Balaban J connectivity index is 0.000000827. The summed E-state index contributed by atoms with van der Waals surface area (Å²) in [4.78, 5) is 28.7. The van der Waals surface area contributed by atoms with Gasteiger partial charge in [-0.15, -0.1) is 0 Å². The van der Waals surface area contributed by atoms with Crippen LogP contribution < -0.4 is 10.9 Å². The average molecular weight is 832 g/mol. The minimum atomic E-state index is -0.750. The zero-order valence-electron chi connectivity index (χ0n) is 31.8. The molecule has 0 radical (unpaired) electrons. The Bertz CT molecular complexity index is 1920. The smallest absolute Gasteiger partial charge is 0.197 e. The molecule has 0 amide bonds. The van der Waals surface area contributed by atoms with Gasteiger partial charge < -0.3 is 9.13 Å². The van der Waals surface area contributed by atoms with E-state index in [1.54, 1.807) is 0 Å². The van der Waals surface area contributed by atoms with E-state index in [2.05, 4.69) is 101 Å². The molecule has 286 valence electrons. The fourth-order valence-electron chi connectivity index (χ4n) is 6.65. The van der Waals surface area contributed by atoms with Gasteiger partial charge in [-0.25, -0.2) is 0 Å². The first kappa shape index (κ1) is 44.7. The van der Waals surface area contributed by atoms with Gasteiger partial charge in [0, 0.05) is 34.6 Å². The number of hydrogen-bond donors (Lipinski definition) is 0. The SMILES string of the molecule is CCCCCCn1c2ccc(C(C)(C)C)cc2c(=O)c2cc3c(cc21)c(=O)c1cc(C(C)(C)C)ccc1n3CCCCCC.ClC(Cl)Cl.ClC(Cl)Cl. The van der Waals surface area contributed by atoms with Crippen LogP contribution in [-0.2, 0) is 23.9 Å². The van der Waals surface area contributed by atoms with Crippen LogP contribution in [0.1, 0.15) is 118 Å². The molecule has 0 aliphatic carbocycles. The normalized spacial score (nSPS) is 12.2. The van der Waals surface area contributed by atoms with Gasteiger partial charge in [-0.05, 0) is 71.2 Å². The highest BCUT2D eigenvalue weighted by Crippen LogP contribution is 2.32. The highest BCUT2D eigenvalue weighted by atomic mass is 35.6. The van der Waals surface area contributed by atoms with E-state index in [1.807, 2.05) is 12.1 Å². The Morgan fingerprint density at radius 3 is 1.08 bits per heavy atom. The summed E-state index contributed by atoms with van der Waals surface area (Å²) in [6.07, 6.45) is 9.09. The molecular formula is C42H54Cl6N2O2. The van der Waals surface area contributed by atoms with Crippen molar-refractivity contribution in [3.63, 3.8) is 0 Å².